The van der Waals surface area contributed by atoms with Crippen LogP contribution in [-0.4, -0.2) is 54.0 Å². The molecular weight excluding hydrogens is 443 g/mol. The van der Waals surface area contributed by atoms with Crippen molar-refractivity contribution in [3.05, 3.63) is 35.4 Å². The zero-order valence-electron chi connectivity index (χ0n) is 18.1. The lowest BCUT2D eigenvalue weighted by atomic mass is 10.1. The lowest BCUT2D eigenvalue weighted by molar-refractivity contribution is -0.122. The molecule has 0 bridgehead atoms. The van der Waals surface area contributed by atoms with Crippen LogP contribution in [0.25, 0.3) is 0 Å². The van der Waals surface area contributed by atoms with E-state index in [9.17, 15) is 4.79 Å². The van der Waals surface area contributed by atoms with Gasteiger partial charge in [0.15, 0.2) is 17.3 Å². The van der Waals surface area contributed by atoms with Crippen molar-refractivity contribution < 1.29 is 14.3 Å². The van der Waals surface area contributed by atoms with Crippen LogP contribution in [0.5, 0.6) is 11.5 Å². The van der Waals surface area contributed by atoms with E-state index >= 15 is 0 Å². The van der Waals surface area contributed by atoms with E-state index in [4.69, 9.17) is 15.2 Å². The zero-order valence-corrected chi connectivity index (χ0v) is 19.7. The Labute approximate surface area is 195 Å². The number of methoxy groups -OCH3 is 2. The van der Waals surface area contributed by atoms with Crippen LogP contribution in [0.2, 0.25) is 0 Å². The Kier molecular flexibility index (Phi) is 11.1. The zero-order chi connectivity index (χ0) is 20.8. The predicted octanol–water partition coefficient (Wildman–Crippen LogP) is 1.62. The minimum atomic E-state index is -0.328. The summed E-state index contributed by atoms with van der Waals surface area (Å²) in [6, 6.07) is 5.52. The second-order valence-corrected chi connectivity index (χ2v) is 7.31. The molecule has 1 aliphatic rings. The topological polar surface area (TPSA) is 116 Å². The van der Waals surface area contributed by atoms with E-state index in [1.807, 2.05) is 25.1 Å². The van der Waals surface area contributed by atoms with Crippen LogP contribution in [0.3, 0.4) is 0 Å². The molecule has 4 N–H and O–H groups in total. The molecule has 1 fully saturated rings. The van der Waals surface area contributed by atoms with Gasteiger partial charge in [0.1, 0.15) is 12.4 Å². The minimum Gasteiger partial charge on any atom is -0.493 e. The van der Waals surface area contributed by atoms with Crippen molar-refractivity contribution in [3.8, 4) is 11.5 Å². The van der Waals surface area contributed by atoms with Crippen molar-refractivity contribution in [2.45, 2.75) is 44.8 Å². The van der Waals surface area contributed by atoms with Gasteiger partial charge >= 0.3 is 0 Å². The molecule has 0 radical (unpaired) electrons. The molecule has 3 rings (SSSR count). The van der Waals surface area contributed by atoms with Gasteiger partial charge in [-0.15, -0.1) is 24.8 Å². The lowest BCUT2D eigenvalue weighted by Crippen LogP contribution is -2.46. The molecular formula is C20H32Cl2N6O3. The molecule has 2 heterocycles. The molecule has 0 unspecified atom stereocenters. The molecule has 1 aliphatic heterocycles. The molecule has 1 saturated heterocycles. The Balaban J connectivity index is 0.00000240. The van der Waals surface area contributed by atoms with Crippen LogP contribution >= 0.6 is 24.8 Å². The fourth-order valence-electron chi connectivity index (χ4n) is 3.49. The smallest absolute Gasteiger partial charge is 0.242 e. The summed E-state index contributed by atoms with van der Waals surface area (Å²) in [6.07, 6.45) is 2.55. The fraction of sp³-hybridized carbons (Fsp3) is 0.550. The second-order valence-electron chi connectivity index (χ2n) is 7.31. The Morgan fingerprint density at radius 1 is 1.32 bits per heavy atom. The standard InChI is InChI=1S/C20H30N6O3.2ClH/c1-13(21)20-24-18(10-14-6-7-16(28-2)17(9-14)29-3)25-26(20)12-19(27)23-15-5-4-8-22-11-15;;/h6-7,9,13,15,22H,4-5,8,10-12,21H2,1-3H3,(H,23,27);2*1H/t13-,15-;;/m1../s1. The van der Waals surface area contributed by atoms with E-state index in [0.717, 1.165) is 31.5 Å². The number of amides is 1. The number of rotatable bonds is 8. The molecule has 1 amide bonds. The first-order valence-electron chi connectivity index (χ1n) is 9.90. The number of benzene rings is 1. The molecule has 31 heavy (non-hydrogen) atoms. The summed E-state index contributed by atoms with van der Waals surface area (Å²) in [5.74, 6) is 2.44. The van der Waals surface area contributed by atoms with Gasteiger partial charge in [-0.2, -0.15) is 5.10 Å². The molecule has 2 atom stereocenters. The van der Waals surface area contributed by atoms with Gasteiger partial charge in [0, 0.05) is 19.0 Å². The van der Waals surface area contributed by atoms with Gasteiger partial charge in [0.2, 0.25) is 5.91 Å². The average Bonchev–Trinajstić information content (AvgIpc) is 3.10. The third-order valence-corrected chi connectivity index (χ3v) is 4.92. The monoisotopic (exact) mass is 474 g/mol. The molecule has 1 aromatic heterocycles. The van der Waals surface area contributed by atoms with Crippen LogP contribution in [0.1, 0.15) is 43.0 Å². The van der Waals surface area contributed by atoms with Gasteiger partial charge in [-0.25, -0.2) is 9.67 Å². The van der Waals surface area contributed by atoms with E-state index in [-0.39, 0.29) is 49.3 Å². The molecule has 1 aromatic carbocycles. The second kappa shape index (κ2) is 12.7. The van der Waals surface area contributed by atoms with E-state index in [1.165, 1.54) is 0 Å². The highest BCUT2D eigenvalue weighted by molar-refractivity contribution is 5.85. The van der Waals surface area contributed by atoms with Crippen LogP contribution < -0.4 is 25.8 Å². The summed E-state index contributed by atoms with van der Waals surface area (Å²) in [5, 5.41) is 10.9. The normalized spacial score (nSPS) is 16.5. The van der Waals surface area contributed by atoms with Crippen molar-refractivity contribution in [3.63, 3.8) is 0 Å². The van der Waals surface area contributed by atoms with E-state index in [0.29, 0.717) is 29.6 Å². The highest BCUT2D eigenvalue weighted by Gasteiger charge is 2.19. The number of nitrogens with one attached hydrogen (secondary N) is 2. The highest BCUT2D eigenvalue weighted by atomic mass is 35.5. The number of hydrogen-bond acceptors (Lipinski definition) is 7. The minimum absolute atomic E-state index is 0. The Hall–Kier alpha value is -2.07. The van der Waals surface area contributed by atoms with Gasteiger partial charge in [0.25, 0.3) is 0 Å². The summed E-state index contributed by atoms with van der Waals surface area (Å²) in [4.78, 5) is 17.0. The highest BCUT2D eigenvalue weighted by Crippen LogP contribution is 2.28. The van der Waals surface area contributed by atoms with E-state index in [1.54, 1.807) is 18.9 Å². The first-order valence-corrected chi connectivity index (χ1v) is 9.90. The number of halogens is 2. The lowest BCUT2D eigenvalue weighted by Gasteiger charge is -2.23. The first-order chi connectivity index (χ1) is 14.0. The molecule has 0 spiro atoms. The molecule has 9 nitrogen and oxygen atoms in total. The summed E-state index contributed by atoms with van der Waals surface area (Å²) in [7, 11) is 3.20. The van der Waals surface area contributed by atoms with Crippen LogP contribution in [0, 0.1) is 0 Å². The third-order valence-electron chi connectivity index (χ3n) is 4.92. The van der Waals surface area contributed by atoms with E-state index < -0.39 is 0 Å². The number of nitrogens with two attached hydrogens (primary N) is 1. The first kappa shape index (κ1) is 27.0. The van der Waals surface area contributed by atoms with Gasteiger partial charge in [-0.05, 0) is 44.0 Å². The third kappa shape index (κ3) is 7.24. The van der Waals surface area contributed by atoms with Crippen molar-refractivity contribution >= 4 is 30.7 Å². The maximum atomic E-state index is 12.5. The number of hydrogen-bond donors (Lipinski definition) is 3. The number of nitrogens with zero attached hydrogens (tertiary/aromatic N) is 3. The quantitative estimate of drug-likeness (QED) is 0.531. The number of carbonyl (C=O) groups is 1. The SMILES string of the molecule is COc1ccc(Cc2nc([C@@H](C)N)n(CC(=O)N[C@@H]3CCCNC3)n2)cc1OC.Cl.Cl. The van der Waals surface area contributed by atoms with Crippen molar-refractivity contribution in [1.82, 2.24) is 25.4 Å². The molecule has 2 aromatic rings. The Morgan fingerprint density at radius 2 is 2.06 bits per heavy atom. The Morgan fingerprint density at radius 3 is 2.68 bits per heavy atom. The summed E-state index contributed by atoms with van der Waals surface area (Å²) >= 11 is 0. The van der Waals surface area contributed by atoms with Crippen LogP contribution in [-0.2, 0) is 17.8 Å². The van der Waals surface area contributed by atoms with Crippen molar-refractivity contribution in [2.75, 3.05) is 27.3 Å². The number of ether oxygens (including phenoxy) is 2. The Bertz CT molecular complexity index is 840. The van der Waals surface area contributed by atoms with Crippen molar-refractivity contribution in [1.29, 1.82) is 0 Å². The van der Waals surface area contributed by atoms with E-state index in [2.05, 4.69) is 20.7 Å². The predicted molar refractivity (Wildman–Crippen MR) is 124 cm³/mol. The van der Waals surface area contributed by atoms with Gasteiger partial charge in [0.05, 0.1) is 20.3 Å². The van der Waals surface area contributed by atoms with Crippen molar-refractivity contribution in [2.24, 2.45) is 5.73 Å². The van der Waals surface area contributed by atoms with Gasteiger partial charge in [-0.1, -0.05) is 6.07 Å². The molecule has 0 saturated carbocycles. The number of aromatic nitrogens is 3. The summed E-state index contributed by atoms with van der Waals surface area (Å²) in [6.45, 7) is 3.74. The molecule has 11 heteroatoms. The maximum Gasteiger partial charge on any atom is 0.242 e. The average molecular weight is 475 g/mol. The summed E-state index contributed by atoms with van der Waals surface area (Å²) < 4.78 is 12.2. The molecule has 0 aliphatic carbocycles. The molecule has 174 valence electrons. The number of piperidine rings is 1. The van der Waals surface area contributed by atoms with Gasteiger partial charge in [-0.3, -0.25) is 4.79 Å². The number of carbonyl (C=O) groups excluding carboxylic acids is 1. The van der Waals surface area contributed by atoms with Crippen LogP contribution in [0.4, 0.5) is 0 Å². The fourth-order valence-corrected chi connectivity index (χ4v) is 3.49. The largest absolute Gasteiger partial charge is 0.493 e. The summed E-state index contributed by atoms with van der Waals surface area (Å²) in [5.41, 5.74) is 7.04. The van der Waals surface area contributed by atoms with Crippen LogP contribution in [0.15, 0.2) is 18.2 Å². The van der Waals surface area contributed by atoms with Gasteiger partial charge < -0.3 is 25.8 Å². The maximum absolute atomic E-state index is 12.5.